The first-order chi connectivity index (χ1) is 9.82. The molecule has 0 fully saturated rings. The zero-order valence-corrected chi connectivity index (χ0v) is 13.3. The average molecular weight is 306 g/mol. The Hall–Kier alpha value is -1.95. The second-order valence-corrected chi connectivity index (χ2v) is 6.29. The van der Waals surface area contributed by atoms with Crippen molar-refractivity contribution in [2.75, 3.05) is 13.6 Å². The maximum absolute atomic E-state index is 12.5. The van der Waals surface area contributed by atoms with Gasteiger partial charge in [-0.15, -0.1) is 11.3 Å². The fraction of sp³-hybridized carbons (Fsp3) is 0.400. The van der Waals surface area contributed by atoms with Gasteiger partial charge >= 0.3 is 5.97 Å². The lowest BCUT2D eigenvalue weighted by atomic mass is 10.1. The van der Waals surface area contributed by atoms with Crippen LogP contribution in [0.2, 0.25) is 0 Å². The number of fused-ring (bicyclic) bond motifs is 1. The summed E-state index contributed by atoms with van der Waals surface area (Å²) in [6.07, 6.45) is 1.73. The molecule has 0 aliphatic carbocycles. The van der Waals surface area contributed by atoms with Crippen LogP contribution in [0.15, 0.2) is 12.3 Å². The van der Waals surface area contributed by atoms with E-state index in [1.807, 2.05) is 19.9 Å². The minimum absolute atomic E-state index is 0.150. The molecule has 1 atom stereocenters. The van der Waals surface area contributed by atoms with Gasteiger partial charge in [-0.3, -0.25) is 9.59 Å². The predicted octanol–water partition coefficient (Wildman–Crippen LogP) is 2.71. The Balaban J connectivity index is 2.34. The summed E-state index contributed by atoms with van der Waals surface area (Å²) in [5.74, 6) is -1.64. The minimum Gasteiger partial charge on any atom is -0.481 e. The van der Waals surface area contributed by atoms with Crippen molar-refractivity contribution < 1.29 is 14.7 Å². The van der Waals surface area contributed by atoms with Crippen LogP contribution < -0.4 is 0 Å². The van der Waals surface area contributed by atoms with Gasteiger partial charge in [-0.2, -0.15) is 0 Å². The summed E-state index contributed by atoms with van der Waals surface area (Å²) in [4.78, 5) is 30.7. The molecule has 0 aromatic carbocycles. The van der Waals surface area contributed by atoms with Gasteiger partial charge in [0.1, 0.15) is 4.83 Å². The van der Waals surface area contributed by atoms with Crippen LogP contribution >= 0.6 is 11.3 Å². The van der Waals surface area contributed by atoms with Gasteiger partial charge < -0.3 is 10.0 Å². The molecular weight excluding hydrogens is 288 g/mol. The molecule has 5 nitrogen and oxygen atoms in total. The molecule has 1 amide bonds. The number of pyridine rings is 1. The fourth-order valence-corrected chi connectivity index (χ4v) is 3.52. The molecule has 2 heterocycles. The highest BCUT2D eigenvalue weighted by atomic mass is 32.1. The first-order valence-electron chi connectivity index (χ1n) is 6.66. The lowest BCUT2D eigenvalue weighted by Crippen LogP contribution is -2.33. The van der Waals surface area contributed by atoms with Crippen LogP contribution in [-0.2, 0) is 4.79 Å². The number of carbonyl (C=O) groups excluding carboxylic acids is 1. The molecular formula is C15H18N2O3S. The highest BCUT2D eigenvalue weighted by Gasteiger charge is 2.23. The van der Waals surface area contributed by atoms with Crippen molar-refractivity contribution in [1.29, 1.82) is 0 Å². The number of rotatable bonds is 4. The Morgan fingerprint density at radius 1 is 1.43 bits per heavy atom. The number of hydrogen-bond donors (Lipinski definition) is 1. The number of carbonyl (C=O) groups is 2. The van der Waals surface area contributed by atoms with Gasteiger partial charge in [0.2, 0.25) is 0 Å². The number of aromatic nitrogens is 1. The van der Waals surface area contributed by atoms with E-state index in [4.69, 9.17) is 5.11 Å². The van der Waals surface area contributed by atoms with Gasteiger partial charge in [0.05, 0.1) is 10.8 Å². The van der Waals surface area contributed by atoms with Crippen molar-refractivity contribution in [3.8, 4) is 0 Å². The predicted molar refractivity (Wildman–Crippen MR) is 82.9 cm³/mol. The van der Waals surface area contributed by atoms with Crippen molar-refractivity contribution in [2.24, 2.45) is 5.92 Å². The molecule has 0 radical (unpaired) electrons. The molecule has 21 heavy (non-hydrogen) atoms. The van der Waals surface area contributed by atoms with Crippen LogP contribution in [0.25, 0.3) is 10.2 Å². The van der Waals surface area contributed by atoms with Gasteiger partial charge in [-0.05, 0) is 31.0 Å². The molecule has 6 heteroatoms. The summed E-state index contributed by atoms with van der Waals surface area (Å²) in [6, 6.07) is 1.92. The zero-order valence-electron chi connectivity index (χ0n) is 12.5. The normalized spacial score (nSPS) is 12.4. The van der Waals surface area contributed by atoms with E-state index in [9.17, 15) is 9.59 Å². The molecule has 2 aromatic heterocycles. The van der Waals surface area contributed by atoms with Crippen molar-refractivity contribution in [2.45, 2.75) is 20.8 Å². The van der Waals surface area contributed by atoms with E-state index in [0.29, 0.717) is 4.88 Å². The third-order valence-corrected chi connectivity index (χ3v) is 4.74. The maximum atomic E-state index is 12.5. The summed E-state index contributed by atoms with van der Waals surface area (Å²) in [7, 11) is 1.63. The number of carboxylic acid groups (broad SMARTS) is 1. The van der Waals surface area contributed by atoms with Gasteiger partial charge in [0, 0.05) is 25.2 Å². The number of carboxylic acids is 1. The molecule has 0 saturated heterocycles. The number of aliphatic carboxylic acids is 1. The first kappa shape index (κ1) is 15.4. The molecule has 0 saturated carbocycles. The summed E-state index contributed by atoms with van der Waals surface area (Å²) >= 11 is 1.36. The first-order valence-corrected chi connectivity index (χ1v) is 7.47. The SMILES string of the molecule is Cc1ccnc2sc(C(=O)N(C)CC(C)C(=O)O)c(C)c12. The largest absolute Gasteiger partial charge is 0.481 e. The third kappa shape index (κ3) is 2.90. The highest BCUT2D eigenvalue weighted by Crippen LogP contribution is 2.32. The number of amides is 1. The van der Waals surface area contributed by atoms with E-state index in [-0.39, 0.29) is 12.5 Å². The standard InChI is InChI=1S/C15H18N2O3S/c1-8-5-6-16-13-11(8)10(3)12(21-13)14(18)17(4)7-9(2)15(19)20/h5-6,9H,7H2,1-4H3,(H,19,20). The lowest BCUT2D eigenvalue weighted by Gasteiger charge is -2.19. The average Bonchev–Trinajstić information content (AvgIpc) is 2.76. The van der Waals surface area contributed by atoms with Crippen molar-refractivity contribution >= 4 is 33.4 Å². The smallest absolute Gasteiger partial charge is 0.308 e. The van der Waals surface area contributed by atoms with E-state index >= 15 is 0 Å². The second-order valence-electron chi connectivity index (χ2n) is 5.29. The number of hydrogen-bond acceptors (Lipinski definition) is 4. The molecule has 0 aliphatic rings. The molecule has 0 spiro atoms. The minimum atomic E-state index is -0.903. The maximum Gasteiger partial charge on any atom is 0.308 e. The van der Waals surface area contributed by atoms with Crippen LogP contribution in [0.5, 0.6) is 0 Å². The lowest BCUT2D eigenvalue weighted by molar-refractivity contribution is -0.141. The van der Waals surface area contributed by atoms with Crippen LogP contribution in [0, 0.1) is 19.8 Å². The van der Waals surface area contributed by atoms with Gasteiger partial charge in [-0.1, -0.05) is 6.92 Å². The van der Waals surface area contributed by atoms with Gasteiger partial charge in [-0.25, -0.2) is 4.98 Å². The van der Waals surface area contributed by atoms with E-state index in [0.717, 1.165) is 21.3 Å². The molecule has 0 bridgehead atoms. The topological polar surface area (TPSA) is 70.5 Å². The van der Waals surface area contributed by atoms with Crippen molar-refractivity contribution in [1.82, 2.24) is 9.88 Å². The van der Waals surface area contributed by atoms with Crippen LogP contribution in [-0.4, -0.2) is 40.5 Å². The summed E-state index contributed by atoms with van der Waals surface area (Å²) < 4.78 is 0. The Morgan fingerprint density at radius 3 is 2.67 bits per heavy atom. The van der Waals surface area contributed by atoms with Crippen LogP contribution in [0.4, 0.5) is 0 Å². The van der Waals surface area contributed by atoms with Crippen molar-refractivity contribution in [3.05, 3.63) is 28.3 Å². The van der Waals surface area contributed by atoms with Crippen molar-refractivity contribution in [3.63, 3.8) is 0 Å². The summed E-state index contributed by atoms with van der Waals surface area (Å²) in [5, 5.41) is 9.96. The highest BCUT2D eigenvalue weighted by molar-refractivity contribution is 7.20. The van der Waals surface area contributed by atoms with E-state index in [1.54, 1.807) is 20.2 Å². The van der Waals surface area contributed by atoms with Crippen LogP contribution in [0.1, 0.15) is 27.7 Å². The molecule has 1 N–H and O–H groups in total. The van der Waals surface area contributed by atoms with E-state index in [1.165, 1.54) is 16.2 Å². The summed E-state index contributed by atoms with van der Waals surface area (Å²) in [5.41, 5.74) is 2.01. The Morgan fingerprint density at radius 2 is 2.10 bits per heavy atom. The number of aryl methyl sites for hydroxylation is 2. The molecule has 112 valence electrons. The third-order valence-electron chi connectivity index (χ3n) is 3.55. The molecule has 2 rings (SSSR count). The van der Waals surface area contributed by atoms with Gasteiger partial charge in [0.25, 0.3) is 5.91 Å². The molecule has 0 aliphatic heterocycles. The number of thiophene rings is 1. The number of nitrogens with zero attached hydrogens (tertiary/aromatic N) is 2. The Kier molecular flexibility index (Phi) is 4.27. The quantitative estimate of drug-likeness (QED) is 0.943. The van der Waals surface area contributed by atoms with Crippen LogP contribution in [0.3, 0.4) is 0 Å². The molecule has 2 aromatic rings. The second kappa shape index (κ2) is 5.81. The monoisotopic (exact) mass is 306 g/mol. The molecule has 1 unspecified atom stereocenters. The fourth-order valence-electron chi connectivity index (χ4n) is 2.30. The van der Waals surface area contributed by atoms with Gasteiger partial charge in [0.15, 0.2) is 0 Å². The van der Waals surface area contributed by atoms with E-state index < -0.39 is 11.9 Å². The summed E-state index contributed by atoms with van der Waals surface area (Å²) in [6.45, 7) is 5.69. The van der Waals surface area contributed by atoms with E-state index in [2.05, 4.69) is 4.98 Å². The Bertz CT molecular complexity index is 708. The Labute approximate surface area is 127 Å². The zero-order chi connectivity index (χ0) is 15.7.